The van der Waals surface area contributed by atoms with Crippen molar-refractivity contribution in [2.45, 2.75) is 44.2 Å². The summed E-state index contributed by atoms with van der Waals surface area (Å²) in [5.41, 5.74) is 0. The summed E-state index contributed by atoms with van der Waals surface area (Å²) >= 11 is 1.91. The first kappa shape index (κ1) is 10.5. The highest BCUT2D eigenvalue weighted by atomic mass is 32.2. The lowest BCUT2D eigenvalue weighted by molar-refractivity contribution is -0.126. The van der Waals surface area contributed by atoms with E-state index in [2.05, 4.69) is 11.2 Å². The van der Waals surface area contributed by atoms with Gasteiger partial charge in [-0.1, -0.05) is 6.42 Å². The quantitative estimate of drug-likeness (QED) is 0.714. The Labute approximate surface area is 90.4 Å². The molecule has 2 rings (SSSR count). The average molecular weight is 213 g/mol. The largest absolute Gasteiger partial charge is 0.300 e. The number of carbonyl (C=O) groups is 1. The Morgan fingerprint density at radius 1 is 1.36 bits per heavy atom. The van der Waals surface area contributed by atoms with Crippen LogP contribution >= 0.6 is 11.8 Å². The van der Waals surface area contributed by atoms with Gasteiger partial charge in [0.2, 0.25) is 0 Å². The standard InChI is InChI=1S/C11H19NOS/c1-14-6-5-12-9-3-2-4-10(12)8-11(13)7-9/h9-10H,2-8H2,1H3. The number of rotatable bonds is 3. The zero-order valence-electron chi connectivity index (χ0n) is 8.87. The second-order valence-corrected chi connectivity index (χ2v) is 5.40. The normalized spacial score (nSPS) is 33.4. The van der Waals surface area contributed by atoms with Crippen LogP contribution in [0.3, 0.4) is 0 Å². The molecule has 2 aliphatic rings. The molecule has 2 fully saturated rings. The summed E-state index contributed by atoms with van der Waals surface area (Å²) in [6.07, 6.45) is 7.63. The van der Waals surface area contributed by atoms with E-state index in [4.69, 9.17) is 0 Å². The fourth-order valence-corrected chi connectivity index (χ4v) is 3.22. The average Bonchev–Trinajstić information content (AvgIpc) is 2.14. The smallest absolute Gasteiger partial charge is 0.136 e. The van der Waals surface area contributed by atoms with Crippen molar-refractivity contribution in [1.29, 1.82) is 0 Å². The lowest BCUT2D eigenvalue weighted by atomic mass is 9.84. The maximum Gasteiger partial charge on any atom is 0.136 e. The van der Waals surface area contributed by atoms with Gasteiger partial charge in [-0.3, -0.25) is 9.69 Å². The molecule has 0 aliphatic carbocycles. The van der Waals surface area contributed by atoms with Gasteiger partial charge in [-0.2, -0.15) is 11.8 Å². The number of Topliss-reactive ketones (excluding diaryl/α,β-unsaturated/α-hetero) is 1. The molecular formula is C11H19NOS. The number of nitrogens with zero attached hydrogens (tertiary/aromatic N) is 1. The number of hydrogen-bond donors (Lipinski definition) is 0. The minimum Gasteiger partial charge on any atom is -0.300 e. The van der Waals surface area contributed by atoms with Crippen LogP contribution < -0.4 is 0 Å². The molecule has 0 aromatic heterocycles. The SMILES string of the molecule is CSCCN1C2CCCC1CC(=O)C2. The van der Waals surface area contributed by atoms with Crippen molar-refractivity contribution in [1.82, 2.24) is 4.90 Å². The summed E-state index contributed by atoms with van der Waals surface area (Å²) in [4.78, 5) is 14.1. The van der Waals surface area contributed by atoms with Crippen molar-refractivity contribution in [3.8, 4) is 0 Å². The number of carbonyl (C=O) groups excluding carboxylic acids is 1. The van der Waals surface area contributed by atoms with Crippen LogP contribution in [-0.4, -0.2) is 41.3 Å². The lowest BCUT2D eigenvalue weighted by Gasteiger charge is -2.45. The van der Waals surface area contributed by atoms with Crippen molar-refractivity contribution in [2.75, 3.05) is 18.6 Å². The summed E-state index contributed by atoms with van der Waals surface area (Å²) in [7, 11) is 0. The van der Waals surface area contributed by atoms with Crippen LogP contribution in [0.15, 0.2) is 0 Å². The molecule has 0 N–H and O–H groups in total. The minimum absolute atomic E-state index is 0.500. The van der Waals surface area contributed by atoms with Gasteiger partial charge in [0, 0.05) is 37.2 Å². The Bertz CT molecular complexity index is 203. The van der Waals surface area contributed by atoms with Crippen LogP contribution in [0, 0.1) is 0 Å². The van der Waals surface area contributed by atoms with E-state index >= 15 is 0 Å². The third-order valence-electron chi connectivity index (χ3n) is 3.49. The first-order valence-corrected chi connectivity index (χ1v) is 6.97. The first-order valence-electron chi connectivity index (χ1n) is 5.57. The fourth-order valence-electron chi connectivity index (χ4n) is 2.83. The highest BCUT2D eigenvalue weighted by Gasteiger charge is 2.36. The summed E-state index contributed by atoms with van der Waals surface area (Å²) < 4.78 is 0. The third kappa shape index (κ3) is 2.14. The molecule has 2 atom stereocenters. The highest BCUT2D eigenvalue weighted by Crippen LogP contribution is 2.32. The summed E-state index contributed by atoms with van der Waals surface area (Å²) in [5.74, 6) is 1.71. The molecule has 0 radical (unpaired) electrons. The Hall–Kier alpha value is -0.0200. The third-order valence-corrected chi connectivity index (χ3v) is 4.08. The van der Waals surface area contributed by atoms with Crippen molar-refractivity contribution in [2.24, 2.45) is 0 Å². The number of piperidine rings is 2. The second kappa shape index (κ2) is 4.67. The van der Waals surface area contributed by atoms with Crippen molar-refractivity contribution < 1.29 is 4.79 Å². The summed E-state index contributed by atoms with van der Waals surface area (Å²) in [6.45, 7) is 1.18. The van der Waals surface area contributed by atoms with E-state index in [1.54, 1.807) is 0 Å². The fraction of sp³-hybridized carbons (Fsp3) is 0.909. The Morgan fingerprint density at radius 3 is 2.57 bits per heavy atom. The van der Waals surface area contributed by atoms with Crippen LogP contribution in [0.2, 0.25) is 0 Å². The molecule has 80 valence electrons. The van der Waals surface area contributed by atoms with Crippen LogP contribution in [-0.2, 0) is 4.79 Å². The number of fused-ring (bicyclic) bond motifs is 2. The van der Waals surface area contributed by atoms with Gasteiger partial charge in [-0.05, 0) is 19.1 Å². The highest BCUT2D eigenvalue weighted by molar-refractivity contribution is 7.98. The first-order chi connectivity index (χ1) is 6.81. The van der Waals surface area contributed by atoms with Gasteiger partial charge >= 0.3 is 0 Å². The molecule has 0 spiro atoms. The van der Waals surface area contributed by atoms with E-state index in [0.717, 1.165) is 12.8 Å². The Morgan fingerprint density at radius 2 is 2.00 bits per heavy atom. The Balaban J connectivity index is 1.97. The molecule has 0 saturated carbocycles. The van der Waals surface area contributed by atoms with Crippen LogP contribution in [0.4, 0.5) is 0 Å². The molecule has 0 aromatic rings. The second-order valence-electron chi connectivity index (χ2n) is 4.42. The van der Waals surface area contributed by atoms with Crippen LogP contribution in [0.25, 0.3) is 0 Å². The predicted molar refractivity (Wildman–Crippen MR) is 60.8 cm³/mol. The zero-order chi connectivity index (χ0) is 9.97. The predicted octanol–water partition coefficient (Wildman–Crippen LogP) is 1.94. The molecule has 14 heavy (non-hydrogen) atoms. The van der Waals surface area contributed by atoms with E-state index in [1.807, 2.05) is 11.8 Å². The van der Waals surface area contributed by atoms with Gasteiger partial charge in [0.25, 0.3) is 0 Å². The molecular weight excluding hydrogens is 194 g/mol. The van der Waals surface area contributed by atoms with E-state index in [-0.39, 0.29) is 0 Å². The van der Waals surface area contributed by atoms with Crippen molar-refractivity contribution in [3.63, 3.8) is 0 Å². The molecule has 2 saturated heterocycles. The van der Waals surface area contributed by atoms with Gasteiger partial charge in [0.1, 0.15) is 5.78 Å². The van der Waals surface area contributed by atoms with E-state index < -0.39 is 0 Å². The van der Waals surface area contributed by atoms with Crippen LogP contribution in [0.1, 0.15) is 32.1 Å². The van der Waals surface area contributed by atoms with Gasteiger partial charge in [0.15, 0.2) is 0 Å². The van der Waals surface area contributed by atoms with Gasteiger partial charge in [-0.25, -0.2) is 0 Å². The van der Waals surface area contributed by atoms with Crippen molar-refractivity contribution in [3.05, 3.63) is 0 Å². The van der Waals surface area contributed by atoms with Gasteiger partial charge < -0.3 is 0 Å². The lowest BCUT2D eigenvalue weighted by Crippen LogP contribution is -2.52. The molecule has 3 heteroatoms. The van der Waals surface area contributed by atoms with E-state index in [0.29, 0.717) is 17.9 Å². The Kier molecular flexibility index (Phi) is 3.50. The maximum absolute atomic E-state index is 11.5. The molecule has 2 bridgehead atoms. The van der Waals surface area contributed by atoms with E-state index in [9.17, 15) is 4.79 Å². The summed E-state index contributed by atoms with van der Waals surface area (Å²) in [6, 6.07) is 1.17. The number of hydrogen-bond acceptors (Lipinski definition) is 3. The molecule has 0 aromatic carbocycles. The zero-order valence-corrected chi connectivity index (χ0v) is 9.68. The van der Waals surface area contributed by atoms with Gasteiger partial charge in [0.05, 0.1) is 0 Å². The minimum atomic E-state index is 0.500. The van der Waals surface area contributed by atoms with E-state index in [1.165, 1.54) is 31.6 Å². The number of thioether (sulfide) groups is 1. The summed E-state index contributed by atoms with van der Waals surface area (Å²) in [5, 5.41) is 0. The monoisotopic (exact) mass is 213 g/mol. The maximum atomic E-state index is 11.5. The molecule has 2 heterocycles. The van der Waals surface area contributed by atoms with Crippen molar-refractivity contribution >= 4 is 17.5 Å². The topological polar surface area (TPSA) is 20.3 Å². The molecule has 2 aliphatic heterocycles. The van der Waals surface area contributed by atoms with Crippen LogP contribution in [0.5, 0.6) is 0 Å². The molecule has 0 amide bonds. The molecule has 2 nitrogen and oxygen atoms in total. The van der Waals surface area contributed by atoms with Gasteiger partial charge in [-0.15, -0.1) is 0 Å². The number of ketones is 1. The molecule has 2 unspecified atom stereocenters.